The zero-order valence-electron chi connectivity index (χ0n) is 3.75. The standard InChI is InChI=1S/Mg.OSi.4O.Zr/c;1-2;;;;;/q2*+2;4*-2;+4. The quantitative estimate of drug-likeness (QED) is 0.461. The van der Waals surface area contributed by atoms with E-state index in [9.17, 15) is 0 Å². The van der Waals surface area contributed by atoms with Crippen molar-refractivity contribution in [2.45, 2.75) is 0 Å². The van der Waals surface area contributed by atoms with Crippen molar-refractivity contribution >= 4 is 33.2 Å². The van der Waals surface area contributed by atoms with Gasteiger partial charge in [0.1, 0.15) is 0 Å². The first-order chi connectivity index (χ1) is 1.00. The first-order valence-electron chi connectivity index (χ1n) is 0.204. The van der Waals surface area contributed by atoms with Gasteiger partial charge in [0.25, 0.3) is 0 Å². The molecule has 0 aromatic heterocycles. The van der Waals surface area contributed by atoms with Gasteiger partial charge in [-0.25, -0.2) is 0 Å². The molecule has 0 aromatic carbocycles. The molecule has 0 amide bonds. The molecule has 0 saturated carbocycles. The van der Waals surface area contributed by atoms with E-state index in [0.717, 1.165) is 0 Å². The van der Waals surface area contributed by atoms with Crippen LogP contribution in [0.1, 0.15) is 0 Å². The third kappa shape index (κ3) is 140. The fourth-order valence-corrected chi connectivity index (χ4v) is 0. The maximum atomic E-state index is 8.06. The van der Waals surface area contributed by atoms with E-state index < -0.39 is 0 Å². The van der Waals surface area contributed by atoms with E-state index in [2.05, 4.69) is 0 Å². The predicted octanol–water partition coefficient (Wildman–Crippen LogP) is -1.36. The summed E-state index contributed by atoms with van der Waals surface area (Å²) in [5, 5.41) is 0. The van der Waals surface area contributed by atoms with Crippen molar-refractivity contribution in [2.24, 2.45) is 0 Å². The molecule has 8 heteroatoms. The Morgan fingerprint density at radius 2 is 0.750 bits per heavy atom. The van der Waals surface area contributed by atoms with Crippen LogP contribution in [0.5, 0.6) is 0 Å². The fourth-order valence-electron chi connectivity index (χ4n) is 0. The normalized spacial score (nSPS) is 0.750. The molecule has 5 nitrogen and oxygen atoms in total. The van der Waals surface area contributed by atoms with Crippen LogP contribution < -0.4 is 0 Å². The van der Waals surface area contributed by atoms with Gasteiger partial charge in [0, 0.05) is 0 Å². The van der Waals surface area contributed by atoms with E-state index in [1.165, 1.54) is 0 Å². The van der Waals surface area contributed by atoms with E-state index >= 15 is 0 Å². The molecule has 0 N–H and O–H groups in total. The van der Waals surface area contributed by atoms with Crippen LogP contribution >= 0.6 is 0 Å². The Morgan fingerprint density at radius 3 is 0.750 bits per heavy atom. The van der Waals surface area contributed by atoms with E-state index in [-0.39, 0.29) is 71.2 Å². The third-order valence-electron chi connectivity index (χ3n) is 0. The molecule has 0 bridgehead atoms. The summed E-state index contributed by atoms with van der Waals surface area (Å²) in [5.41, 5.74) is 0. The number of hydrogen-bond acceptors (Lipinski definition) is 1. The van der Waals surface area contributed by atoms with Crippen molar-refractivity contribution in [2.75, 3.05) is 0 Å². The minimum atomic E-state index is 0. The first-order valence-corrected chi connectivity index (χ1v) is 0.612. The number of rotatable bonds is 0. The van der Waals surface area contributed by atoms with Gasteiger partial charge >= 0.3 is 63.8 Å². The Kier molecular flexibility index (Phi) is 2890. The van der Waals surface area contributed by atoms with Crippen molar-refractivity contribution in [1.29, 1.82) is 0 Å². The third-order valence-corrected chi connectivity index (χ3v) is 0. The fraction of sp³-hybridized carbons (Fsp3) is 0. The molecule has 0 atom stereocenters. The summed E-state index contributed by atoms with van der Waals surface area (Å²) >= 11 is 0. The van der Waals surface area contributed by atoms with Gasteiger partial charge < -0.3 is 21.9 Å². The van der Waals surface area contributed by atoms with Crippen LogP contribution in [-0.2, 0) is 52.6 Å². The molecule has 40 valence electrons. The molecule has 0 rings (SSSR count). The smallest absolute Gasteiger partial charge is 2.00 e. The molecular weight excluding hydrogens is 224 g/mol. The molecular formula is MgO5SiZr. The molecule has 8 heavy (non-hydrogen) atoms. The van der Waals surface area contributed by atoms with Crippen LogP contribution in [0, 0.1) is 0 Å². The maximum Gasteiger partial charge on any atom is 4.00 e. The van der Waals surface area contributed by atoms with E-state index in [4.69, 9.17) is 4.46 Å². The predicted molar refractivity (Wildman–Crippen MR) is 14.9 cm³/mol. The largest absolute Gasteiger partial charge is 4.00 e. The van der Waals surface area contributed by atoms with Crippen molar-refractivity contribution in [1.82, 2.24) is 0 Å². The summed E-state index contributed by atoms with van der Waals surface area (Å²) in [6.07, 6.45) is 0. The van der Waals surface area contributed by atoms with Gasteiger partial charge in [-0.1, -0.05) is 0 Å². The van der Waals surface area contributed by atoms with Gasteiger partial charge in [-0.05, 0) is 0 Å². The summed E-state index contributed by atoms with van der Waals surface area (Å²) in [4.78, 5) is 0. The van der Waals surface area contributed by atoms with Crippen LogP contribution in [0.2, 0.25) is 0 Å². The van der Waals surface area contributed by atoms with Gasteiger partial charge in [-0.3, -0.25) is 0 Å². The Hall–Kier alpha value is 1.51. The average Bonchev–Trinajstić information content (AvgIpc) is 1.00. The second-order valence-electron chi connectivity index (χ2n) is 0. The van der Waals surface area contributed by atoms with Crippen molar-refractivity contribution in [3.8, 4) is 0 Å². The monoisotopic (exact) mass is 222 g/mol. The first kappa shape index (κ1) is 110. The van der Waals surface area contributed by atoms with Gasteiger partial charge in [-0.2, -0.15) is 0 Å². The van der Waals surface area contributed by atoms with E-state index in [0.29, 0.717) is 0 Å². The minimum Gasteiger partial charge on any atom is -2.00 e. The summed E-state index contributed by atoms with van der Waals surface area (Å²) < 4.78 is 8.06. The molecule has 0 spiro atoms. The zero-order chi connectivity index (χ0) is 2.00. The van der Waals surface area contributed by atoms with Gasteiger partial charge in [0.05, 0.1) is 0 Å². The topological polar surface area (TPSA) is 131 Å². The SMILES string of the molecule is O=[Si+2].[Mg+2].[O-2].[O-2].[O-2].[O-2].[Zr+4]. The van der Waals surface area contributed by atoms with Crippen LogP contribution in [0.4, 0.5) is 0 Å². The molecule has 0 fully saturated rings. The Labute approximate surface area is 85.2 Å². The summed E-state index contributed by atoms with van der Waals surface area (Å²) in [6.45, 7) is 0. The second kappa shape index (κ2) is 211. The summed E-state index contributed by atoms with van der Waals surface area (Å²) in [5.74, 6) is 0. The van der Waals surface area contributed by atoms with Gasteiger partial charge in [0.15, 0.2) is 0 Å². The Morgan fingerprint density at radius 1 is 0.750 bits per heavy atom. The maximum absolute atomic E-state index is 8.06. The average molecular weight is 224 g/mol. The molecule has 0 unspecified atom stereocenters. The number of hydrogen-bond donors (Lipinski definition) is 0. The molecule has 0 aliphatic rings. The Bertz CT molecular complexity index is 12.4. The van der Waals surface area contributed by atoms with Crippen molar-refractivity contribution in [3.05, 3.63) is 0 Å². The van der Waals surface area contributed by atoms with Crippen LogP contribution in [0.3, 0.4) is 0 Å². The van der Waals surface area contributed by atoms with Crippen molar-refractivity contribution < 1.29 is 52.6 Å². The molecule has 0 aromatic rings. The van der Waals surface area contributed by atoms with E-state index in [1.54, 1.807) is 10.1 Å². The van der Waals surface area contributed by atoms with E-state index in [1.807, 2.05) is 0 Å². The second-order valence-corrected chi connectivity index (χ2v) is 0. The van der Waals surface area contributed by atoms with Crippen molar-refractivity contribution in [3.63, 3.8) is 0 Å². The van der Waals surface area contributed by atoms with Crippen LogP contribution in [-0.4, -0.2) is 33.2 Å². The molecule has 0 radical (unpaired) electrons. The Balaban J connectivity index is -0.000000000333. The van der Waals surface area contributed by atoms with Crippen LogP contribution in [0.25, 0.3) is 0 Å². The molecule has 0 heterocycles. The zero-order valence-corrected chi connectivity index (χ0v) is 8.62. The molecule has 0 aliphatic carbocycles. The van der Waals surface area contributed by atoms with Gasteiger partial charge in [-0.15, -0.1) is 0 Å². The molecule has 0 aliphatic heterocycles. The summed E-state index contributed by atoms with van der Waals surface area (Å²) in [7, 11) is 1.72. The minimum absolute atomic E-state index is 0. The van der Waals surface area contributed by atoms with Crippen LogP contribution in [0.15, 0.2) is 0 Å². The van der Waals surface area contributed by atoms with Gasteiger partial charge in [0.2, 0.25) is 0 Å². The molecule has 0 saturated heterocycles. The summed E-state index contributed by atoms with van der Waals surface area (Å²) in [6, 6.07) is 0.